The van der Waals surface area contributed by atoms with Crippen molar-refractivity contribution in [3.8, 4) is 5.75 Å². The average Bonchev–Trinajstić information content (AvgIpc) is 2.97. The van der Waals surface area contributed by atoms with Crippen molar-refractivity contribution in [2.24, 2.45) is 0 Å². The second kappa shape index (κ2) is 13.9. The van der Waals surface area contributed by atoms with Crippen LogP contribution in [0.3, 0.4) is 0 Å². The number of fused-ring (bicyclic) bond motifs is 2. The number of benzene rings is 1. The molecule has 1 atom stereocenters. The molecule has 4 rings (SSSR count). The zero-order chi connectivity index (χ0) is 32.0. The molecule has 234 valence electrons. The lowest BCUT2D eigenvalue weighted by molar-refractivity contribution is -0.150. The van der Waals surface area contributed by atoms with E-state index >= 15 is 0 Å². The van der Waals surface area contributed by atoms with Gasteiger partial charge >= 0.3 is 17.9 Å². The molecule has 0 N–H and O–H groups in total. The van der Waals surface area contributed by atoms with Gasteiger partial charge in [0.2, 0.25) is 11.5 Å². The summed E-state index contributed by atoms with van der Waals surface area (Å²) < 4.78 is 38.6. The van der Waals surface area contributed by atoms with Crippen molar-refractivity contribution in [1.29, 1.82) is 0 Å². The maximum atomic E-state index is 13.1. The fourth-order valence-electron chi connectivity index (χ4n) is 4.48. The van der Waals surface area contributed by atoms with Crippen LogP contribution in [0.2, 0.25) is 0 Å². The summed E-state index contributed by atoms with van der Waals surface area (Å²) in [7, 11) is 3.55. The van der Waals surface area contributed by atoms with E-state index in [9.17, 15) is 24.0 Å². The minimum absolute atomic E-state index is 0.0762. The lowest BCUT2D eigenvalue weighted by Crippen LogP contribution is -2.43. The van der Waals surface area contributed by atoms with Crippen LogP contribution < -0.4 is 31.1 Å². The molecular weight excluding hydrogens is 578 g/mol. The topological polar surface area (TPSA) is 161 Å². The summed E-state index contributed by atoms with van der Waals surface area (Å²) in [6.07, 6.45) is 1.56. The number of esters is 3. The largest absolute Gasteiger partial charge is 0.493 e. The third-order valence-corrected chi connectivity index (χ3v) is 6.40. The second-order valence-electron chi connectivity index (χ2n) is 9.86. The van der Waals surface area contributed by atoms with Crippen molar-refractivity contribution in [2.45, 2.75) is 39.7 Å². The Morgan fingerprint density at radius 1 is 0.886 bits per heavy atom. The maximum Gasteiger partial charge on any atom is 0.374 e. The van der Waals surface area contributed by atoms with Gasteiger partial charge in [-0.05, 0) is 26.3 Å². The van der Waals surface area contributed by atoms with Crippen LogP contribution in [0.4, 0.5) is 5.69 Å². The first kappa shape index (κ1) is 31.9. The number of carbonyl (C=O) groups is 3. The molecule has 1 aliphatic rings. The molecule has 0 aliphatic heterocycles. The molecule has 1 aliphatic carbocycles. The van der Waals surface area contributed by atoms with Gasteiger partial charge in [0, 0.05) is 57.4 Å². The molecule has 1 aromatic carbocycles. The molecule has 3 aromatic rings. The first-order valence-electron chi connectivity index (χ1n) is 14.0. The smallest absolute Gasteiger partial charge is 0.374 e. The van der Waals surface area contributed by atoms with Gasteiger partial charge in [-0.25, -0.2) is 9.59 Å². The molecule has 2 heterocycles. The molecule has 13 nitrogen and oxygen atoms in total. The van der Waals surface area contributed by atoms with E-state index in [2.05, 4.69) is 0 Å². The number of hydrogen-bond donors (Lipinski definition) is 0. The molecule has 0 bridgehead atoms. The Labute approximate surface area is 251 Å². The summed E-state index contributed by atoms with van der Waals surface area (Å²) in [5.41, 5.74) is -0.128. The van der Waals surface area contributed by atoms with Crippen LogP contribution in [0.5, 0.6) is 5.75 Å². The second-order valence-corrected chi connectivity index (χ2v) is 9.86. The van der Waals surface area contributed by atoms with Crippen LogP contribution in [-0.4, -0.2) is 64.5 Å². The highest BCUT2D eigenvalue weighted by Gasteiger charge is 2.22. The van der Waals surface area contributed by atoms with Crippen molar-refractivity contribution in [2.75, 3.05) is 45.4 Å². The summed E-state index contributed by atoms with van der Waals surface area (Å²) in [6.45, 7) is 4.31. The molecule has 0 fully saturated rings. The standard InChI is InChI=1S/C31H33NO12/c1-6-38-30(36)26-13-20(34)28-22(9-8-10-23(28)43-26)40-15-19(42-17(3)33)16-41-24-11-18(32(4)5)12-25-29(24)21(35)14-27(44-25)31(37)39-7-2/h10-14,19H,6-9,15-16H2,1-5H3. The van der Waals surface area contributed by atoms with Gasteiger partial charge in [0.25, 0.3) is 0 Å². The van der Waals surface area contributed by atoms with Crippen LogP contribution in [-0.2, 0) is 23.7 Å². The fraction of sp³-hybridized carbons (Fsp3) is 0.387. The van der Waals surface area contributed by atoms with Crippen molar-refractivity contribution in [1.82, 2.24) is 0 Å². The number of rotatable bonds is 12. The van der Waals surface area contributed by atoms with Crippen molar-refractivity contribution in [3.05, 3.63) is 66.9 Å². The Kier molecular flexibility index (Phi) is 10.1. The Morgan fingerprint density at radius 2 is 1.52 bits per heavy atom. The van der Waals surface area contributed by atoms with Crippen LogP contribution in [0.15, 0.2) is 42.7 Å². The Balaban J connectivity index is 1.63. The summed E-state index contributed by atoms with van der Waals surface area (Å²) in [5.74, 6) is -2.17. The lowest BCUT2D eigenvalue weighted by Gasteiger charge is -2.21. The maximum absolute atomic E-state index is 13.1. The quantitative estimate of drug-likeness (QED) is 0.216. The highest BCUT2D eigenvalue weighted by atomic mass is 16.6. The summed E-state index contributed by atoms with van der Waals surface area (Å²) in [6, 6.07) is 5.28. The van der Waals surface area contributed by atoms with Crippen LogP contribution in [0.25, 0.3) is 22.8 Å². The van der Waals surface area contributed by atoms with Crippen molar-refractivity contribution < 1.29 is 46.9 Å². The zero-order valence-corrected chi connectivity index (χ0v) is 25.1. The van der Waals surface area contributed by atoms with Crippen molar-refractivity contribution in [3.63, 3.8) is 0 Å². The number of carbonyl (C=O) groups excluding carboxylic acids is 3. The van der Waals surface area contributed by atoms with Gasteiger partial charge in [0.15, 0.2) is 17.0 Å². The van der Waals surface area contributed by atoms with Gasteiger partial charge in [-0.15, -0.1) is 0 Å². The molecule has 13 heteroatoms. The lowest BCUT2D eigenvalue weighted by atomic mass is 10.1. The van der Waals surface area contributed by atoms with E-state index in [1.807, 2.05) is 0 Å². The third-order valence-electron chi connectivity index (χ3n) is 6.40. The Morgan fingerprint density at radius 3 is 2.16 bits per heavy atom. The van der Waals surface area contributed by atoms with E-state index < -0.39 is 34.9 Å². The summed E-state index contributed by atoms with van der Waals surface area (Å²) >= 11 is 0. The first-order chi connectivity index (χ1) is 21.0. The highest BCUT2D eigenvalue weighted by molar-refractivity contribution is 5.92. The molecule has 2 aromatic heterocycles. The predicted octanol–water partition coefficient (Wildman–Crippen LogP) is 1.88. The van der Waals surface area contributed by atoms with E-state index in [0.717, 1.165) is 12.1 Å². The number of ether oxygens (including phenoxy) is 5. The van der Waals surface area contributed by atoms with Crippen LogP contribution in [0, 0.1) is 0 Å². The summed E-state index contributed by atoms with van der Waals surface area (Å²) in [5, 5.41) is 0.235. The first-order valence-corrected chi connectivity index (χ1v) is 14.0. The van der Waals surface area contributed by atoms with Crippen LogP contribution in [0.1, 0.15) is 54.7 Å². The SMILES string of the molecule is CCOC(=O)c1cc(=O)c2c(o1)=CCCC=2OCC(COc1cc(N(C)C)cc2oc(C(=O)OCC)cc(=O)c12)OC(C)=O. The van der Waals surface area contributed by atoms with E-state index in [1.54, 1.807) is 51.1 Å². The minimum Gasteiger partial charge on any atom is -0.493 e. The number of anilines is 1. The number of nitrogens with zero attached hydrogens (tertiary/aromatic N) is 1. The highest BCUT2D eigenvalue weighted by Crippen LogP contribution is 2.30. The molecule has 1 unspecified atom stereocenters. The molecule has 44 heavy (non-hydrogen) atoms. The Bertz CT molecular complexity index is 1820. The normalized spacial score (nSPS) is 12.9. The molecule has 0 saturated heterocycles. The fourth-order valence-corrected chi connectivity index (χ4v) is 4.48. The Hall–Kier alpha value is -5.07. The van der Waals surface area contributed by atoms with E-state index in [4.69, 9.17) is 32.5 Å². The zero-order valence-electron chi connectivity index (χ0n) is 25.1. The minimum atomic E-state index is -0.955. The van der Waals surface area contributed by atoms with Gasteiger partial charge in [-0.2, -0.15) is 0 Å². The predicted molar refractivity (Wildman–Crippen MR) is 157 cm³/mol. The van der Waals surface area contributed by atoms with Gasteiger partial charge in [-0.3, -0.25) is 14.4 Å². The van der Waals surface area contributed by atoms with Gasteiger partial charge < -0.3 is 37.4 Å². The third kappa shape index (κ3) is 7.28. The summed E-state index contributed by atoms with van der Waals surface area (Å²) in [4.78, 5) is 64.0. The van der Waals surface area contributed by atoms with E-state index in [-0.39, 0.29) is 65.3 Å². The molecule has 0 amide bonds. The molecular formula is C31H33NO12. The van der Waals surface area contributed by atoms with E-state index in [1.165, 1.54) is 6.92 Å². The van der Waals surface area contributed by atoms with Gasteiger partial charge in [0.1, 0.15) is 46.3 Å². The van der Waals surface area contributed by atoms with Gasteiger partial charge in [-0.1, -0.05) is 0 Å². The average molecular weight is 612 g/mol. The molecule has 0 radical (unpaired) electrons. The molecule has 0 saturated carbocycles. The van der Waals surface area contributed by atoms with Crippen molar-refractivity contribution >= 4 is 46.4 Å². The van der Waals surface area contributed by atoms with Crippen LogP contribution >= 0.6 is 0 Å². The monoisotopic (exact) mass is 611 g/mol. The van der Waals surface area contributed by atoms with E-state index in [0.29, 0.717) is 24.3 Å². The van der Waals surface area contributed by atoms with Gasteiger partial charge in [0.05, 0.1) is 13.2 Å². The number of hydrogen-bond acceptors (Lipinski definition) is 13. The molecule has 0 spiro atoms.